The van der Waals surface area contributed by atoms with Gasteiger partial charge in [-0.1, -0.05) is 0 Å². The molecular weight excluding hydrogens is 291 g/mol. The Kier molecular flexibility index (Phi) is 2.45. The number of aromatic amines is 1. The number of nitrogens with one attached hydrogen (secondary N) is 1. The van der Waals surface area contributed by atoms with Crippen molar-refractivity contribution >= 4 is 32.5 Å². The largest absolute Gasteiger partial charge is 0.417 e. The number of H-pyrrole nitrogens is 1. The summed E-state index contributed by atoms with van der Waals surface area (Å²) in [4.78, 5) is 10.5. The molecule has 0 radical (unpaired) electrons. The van der Waals surface area contributed by atoms with Crippen LogP contribution in [0.2, 0.25) is 0 Å². The van der Waals surface area contributed by atoms with E-state index in [1.54, 1.807) is 0 Å². The molecule has 0 spiro atoms. The molecule has 0 fully saturated rings. The molecule has 0 atom stereocenters. The molecule has 1 heterocycles. The predicted octanol–water partition coefficient (Wildman–Crippen LogP) is 3.74. The van der Waals surface area contributed by atoms with E-state index < -0.39 is 11.7 Å². The molecule has 0 aliphatic rings. The molecule has 0 bridgehead atoms. The van der Waals surface area contributed by atoms with Crippen molar-refractivity contribution in [2.45, 2.75) is 6.18 Å². The van der Waals surface area contributed by atoms with E-state index in [9.17, 15) is 18.1 Å². The summed E-state index contributed by atoms with van der Waals surface area (Å²) in [6, 6.07) is 0.876. The highest BCUT2D eigenvalue weighted by atomic mass is 79.9. The molecule has 0 unspecified atom stereocenters. The minimum absolute atomic E-state index is 0.116. The maximum Gasteiger partial charge on any atom is 0.417 e. The lowest BCUT2D eigenvalue weighted by molar-refractivity contribution is -0.138. The molecule has 0 saturated carbocycles. The predicted molar refractivity (Wildman–Crippen MR) is 54.3 cm³/mol. The van der Waals surface area contributed by atoms with E-state index in [1.807, 2.05) is 0 Å². The quantitative estimate of drug-likeness (QED) is 0.814. The normalized spacial score (nSPS) is 12.0. The second-order valence-corrected chi connectivity index (χ2v) is 3.80. The topological polar surface area (TPSA) is 58.1 Å². The first-order chi connectivity index (χ1) is 7.45. The zero-order valence-corrected chi connectivity index (χ0v) is 9.06. The van der Waals surface area contributed by atoms with Gasteiger partial charge >= 0.3 is 6.18 Å². The molecule has 0 amide bonds. The lowest BCUT2D eigenvalue weighted by atomic mass is 10.1. The second kappa shape index (κ2) is 3.55. The Hall–Kier alpha value is -1.44. The van der Waals surface area contributed by atoms with Gasteiger partial charge in [-0.2, -0.15) is 18.3 Å². The fraction of sp³-hybridized carbons (Fsp3) is 0.125. The summed E-state index contributed by atoms with van der Waals surface area (Å²) < 4.78 is 37.4. The molecule has 0 aliphatic carbocycles. The molecule has 0 saturated heterocycles. The van der Waals surface area contributed by atoms with Gasteiger partial charge in [0.25, 0.3) is 0 Å². The van der Waals surface area contributed by atoms with Crippen molar-refractivity contribution in [2.24, 2.45) is 5.18 Å². The van der Waals surface area contributed by atoms with Crippen LogP contribution >= 0.6 is 15.9 Å². The molecule has 1 aromatic heterocycles. The molecule has 0 aliphatic heterocycles. The minimum Gasteiger partial charge on any atom is -0.278 e. The third kappa shape index (κ3) is 1.58. The summed E-state index contributed by atoms with van der Waals surface area (Å²) in [5.41, 5.74) is -1.15. The van der Waals surface area contributed by atoms with Crippen LogP contribution in [0.25, 0.3) is 10.9 Å². The minimum atomic E-state index is -4.56. The maximum absolute atomic E-state index is 12.6. The fourth-order valence-corrected chi connectivity index (χ4v) is 1.97. The van der Waals surface area contributed by atoms with Crippen LogP contribution in [0.5, 0.6) is 0 Å². The molecule has 84 valence electrons. The Morgan fingerprint density at radius 3 is 2.69 bits per heavy atom. The van der Waals surface area contributed by atoms with Crippen LogP contribution < -0.4 is 0 Å². The standard InChI is InChI=1S/C8H3BrF3N3O/c9-6-4(8(10,11)12)1-5-3(2-13-14-5)7(6)15-16/h1-2H,(H,13,14). The van der Waals surface area contributed by atoms with Crippen molar-refractivity contribution < 1.29 is 13.2 Å². The average Bonchev–Trinajstić information content (AvgIpc) is 2.62. The van der Waals surface area contributed by atoms with Crippen molar-refractivity contribution in [3.8, 4) is 0 Å². The van der Waals surface area contributed by atoms with Gasteiger partial charge in [-0.3, -0.25) is 5.10 Å². The number of rotatable bonds is 1. The molecule has 1 aromatic carbocycles. The number of halogens is 4. The van der Waals surface area contributed by atoms with E-state index in [0.717, 1.165) is 6.07 Å². The Morgan fingerprint density at radius 2 is 2.12 bits per heavy atom. The van der Waals surface area contributed by atoms with Gasteiger partial charge in [0.05, 0.1) is 27.1 Å². The van der Waals surface area contributed by atoms with Crippen LogP contribution in [0.15, 0.2) is 21.9 Å². The van der Waals surface area contributed by atoms with Crippen LogP contribution in [0.4, 0.5) is 18.9 Å². The second-order valence-electron chi connectivity index (χ2n) is 3.01. The van der Waals surface area contributed by atoms with Gasteiger partial charge in [0, 0.05) is 0 Å². The number of fused-ring (bicyclic) bond motifs is 1. The summed E-state index contributed by atoms with van der Waals surface area (Å²) in [5, 5.41) is 8.76. The molecule has 8 heteroatoms. The van der Waals surface area contributed by atoms with E-state index >= 15 is 0 Å². The number of nitrogens with zero attached hydrogens (tertiary/aromatic N) is 2. The van der Waals surface area contributed by atoms with Gasteiger partial charge in [-0.25, -0.2) is 0 Å². The number of hydrogen-bond acceptors (Lipinski definition) is 3. The van der Waals surface area contributed by atoms with Crippen molar-refractivity contribution in [2.75, 3.05) is 0 Å². The Morgan fingerprint density at radius 1 is 1.44 bits per heavy atom. The summed E-state index contributed by atoms with van der Waals surface area (Å²) in [5.74, 6) is 0. The van der Waals surface area contributed by atoms with Gasteiger partial charge in [0.1, 0.15) is 5.69 Å². The summed E-state index contributed by atoms with van der Waals surface area (Å²) in [7, 11) is 0. The highest BCUT2D eigenvalue weighted by Crippen LogP contribution is 2.43. The van der Waals surface area contributed by atoms with Crippen molar-refractivity contribution in [3.63, 3.8) is 0 Å². The molecular formula is C8H3BrF3N3O. The number of benzene rings is 1. The first-order valence-electron chi connectivity index (χ1n) is 4.01. The van der Waals surface area contributed by atoms with Gasteiger partial charge in [0.15, 0.2) is 0 Å². The molecule has 1 N–H and O–H groups in total. The first kappa shape index (κ1) is 11.1. The SMILES string of the molecule is O=Nc1c(Br)c(C(F)(F)F)cc2[nH]ncc12. The van der Waals surface area contributed by atoms with E-state index in [-0.39, 0.29) is 21.1 Å². The molecule has 2 aromatic rings. The van der Waals surface area contributed by atoms with Crippen LogP contribution in [-0.2, 0) is 6.18 Å². The van der Waals surface area contributed by atoms with E-state index in [0.29, 0.717) is 0 Å². The lowest BCUT2D eigenvalue weighted by Crippen LogP contribution is -2.06. The fourth-order valence-electron chi connectivity index (χ4n) is 1.34. The third-order valence-electron chi connectivity index (χ3n) is 2.05. The summed E-state index contributed by atoms with van der Waals surface area (Å²) >= 11 is 2.73. The highest BCUT2D eigenvalue weighted by Gasteiger charge is 2.35. The third-order valence-corrected chi connectivity index (χ3v) is 2.86. The smallest absolute Gasteiger partial charge is 0.278 e. The van der Waals surface area contributed by atoms with E-state index in [1.165, 1.54) is 6.20 Å². The maximum atomic E-state index is 12.6. The average molecular weight is 294 g/mol. The Bertz CT molecular complexity index is 563. The zero-order valence-electron chi connectivity index (χ0n) is 7.47. The van der Waals surface area contributed by atoms with Crippen LogP contribution in [0, 0.1) is 4.91 Å². The first-order valence-corrected chi connectivity index (χ1v) is 4.80. The van der Waals surface area contributed by atoms with Crippen molar-refractivity contribution in [1.82, 2.24) is 10.2 Å². The van der Waals surface area contributed by atoms with Crippen LogP contribution in [-0.4, -0.2) is 10.2 Å². The number of hydrogen-bond donors (Lipinski definition) is 1. The number of nitroso groups, excluding NO2 is 1. The van der Waals surface area contributed by atoms with Gasteiger partial charge in [0.2, 0.25) is 0 Å². The zero-order chi connectivity index (χ0) is 11.9. The van der Waals surface area contributed by atoms with E-state index in [4.69, 9.17) is 0 Å². The molecule has 2 rings (SSSR count). The summed E-state index contributed by atoms with van der Waals surface area (Å²) in [6.07, 6.45) is -3.31. The van der Waals surface area contributed by atoms with Crippen LogP contribution in [0.1, 0.15) is 5.56 Å². The highest BCUT2D eigenvalue weighted by molar-refractivity contribution is 9.10. The van der Waals surface area contributed by atoms with Gasteiger partial charge < -0.3 is 0 Å². The van der Waals surface area contributed by atoms with Gasteiger partial charge in [-0.05, 0) is 27.2 Å². The van der Waals surface area contributed by atoms with Crippen LogP contribution in [0.3, 0.4) is 0 Å². The molecule has 16 heavy (non-hydrogen) atoms. The number of aromatic nitrogens is 2. The summed E-state index contributed by atoms with van der Waals surface area (Å²) in [6.45, 7) is 0. The molecule has 4 nitrogen and oxygen atoms in total. The lowest BCUT2D eigenvalue weighted by Gasteiger charge is -2.10. The Balaban J connectivity index is 2.87. The monoisotopic (exact) mass is 293 g/mol. The van der Waals surface area contributed by atoms with Gasteiger partial charge in [-0.15, -0.1) is 4.91 Å². The van der Waals surface area contributed by atoms with Crippen molar-refractivity contribution in [3.05, 3.63) is 27.2 Å². The Labute approximate surface area is 94.9 Å². The van der Waals surface area contributed by atoms with E-state index in [2.05, 4.69) is 31.3 Å². The number of alkyl halides is 3. The van der Waals surface area contributed by atoms with Crippen molar-refractivity contribution in [1.29, 1.82) is 0 Å².